The van der Waals surface area contributed by atoms with Crippen LogP contribution in [0.5, 0.6) is 0 Å². The highest BCUT2D eigenvalue weighted by Crippen LogP contribution is 2.35. The van der Waals surface area contributed by atoms with Gasteiger partial charge in [-0.25, -0.2) is 13.2 Å². The molecule has 16 heavy (non-hydrogen) atoms. The van der Waals surface area contributed by atoms with Gasteiger partial charge in [-0.15, -0.1) is 0 Å². The van der Waals surface area contributed by atoms with Crippen LogP contribution in [0.4, 0.5) is 26.3 Å². The predicted molar refractivity (Wildman–Crippen MR) is 44.2 cm³/mol. The first-order valence-electron chi connectivity index (χ1n) is 4.19. The van der Waals surface area contributed by atoms with Crippen LogP contribution in [0.25, 0.3) is 0 Å². The Kier molecular flexibility index (Phi) is 3.47. The van der Waals surface area contributed by atoms with Crippen LogP contribution in [0.2, 0.25) is 0 Å². The van der Waals surface area contributed by atoms with Gasteiger partial charge in [-0.1, -0.05) is 6.07 Å². The van der Waals surface area contributed by atoms with E-state index in [1.807, 2.05) is 0 Å². The summed E-state index contributed by atoms with van der Waals surface area (Å²) >= 11 is 0. The minimum Gasteiger partial charge on any atom is -0.330 e. The smallest absolute Gasteiger partial charge is 0.330 e. The molecule has 0 aliphatic heterocycles. The molecule has 0 radical (unpaired) electrons. The first-order valence-corrected chi connectivity index (χ1v) is 4.19. The van der Waals surface area contributed by atoms with Crippen LogP contribution in [-0.4, -0.2) is 12.7 Å². The monoisotopic (exact) mass is 243 g/mol. The van der Waals surface area contributed by atoms with Crippen LogP contribution in [0.3, 0.4) is 0 Å². The zero-order valence-electron chi connectivity index (χ0n) is 7.78. The summed E-state index contributed by atoms with van der Waals surface area (Å²) in [6.07, 6.45) is -4.81. The minimum atomic E-state index is -4.81. The Hall–Kier alpha value is -1.24. The number of halogens is 6. The molecule has 0 bridgehead atoms. The molecule has 7 heteroatoms. The maximum atomic E-state index is 13.1. The molecule has 0 amide bonds. The lowest BCUT2D eigenvalue weighted by atomic mass is 9.98. The summed E-state index contributed by atoms with van der Waals surface area (Å²) in [6.45, 7) is -0.939. The molecule has 1 aromatic carbocycles. The van der Waals surface area contributed by atoms with E-state index in [2.05, 4.69) is 0 Å². The number of rotatable bonds is 2. The van der Waals surface area contributed by atoms with E-state index < -0.39 is 41.7 Å². The summed E-state index contributed by atoms with van der Waals surface area (Å²) in [7, 11) is 0. The Morgan fingerprint density at radius 3 is 2.06 bits per heavy atom. The number of benzene rings is 1. The zero-order chi connectivity index (χ0) is 12.5. The van der Waals surface area contributed by atoms with Crippen molar-refractivity contribution in [3.63, 3.8) is 0 Å². The van der Waals surface area contributed by atoms with Crippen LogP contribution >= 0.6 is 0 Å². The summed E-state index contributed by atoms with van der Waals surface area (Å²) in [4.78, 5) is 0. The van der Waals surface area contributed by atoms with Gasteiger partial charge in [-0.05, 0) is 6.07 Å². The molecule has 0 saturated carbocycles. The van der Waals surface area contributed by atoms with Crippen LogP contribution in [0, 0.1) is 17.5 Å². The fourth-order valence-corrected chi connectivity index (χ4v) is 1.25. The maximum Gasteiger partial charge on any atom is 0.397 e. The van der Waals surface area contributed by atoms with Crippen molar-refractivity contribution in [2.45, 2.75) is 12.1 Å². The van der Waals surface area contributed by atoms with Gasteiger partial charge in [0, 0.05) is 12.1 Å². The molecule has 1 unspecified atom stereocenters. The third-order valence-corrected chi connectivity index (χ3v) is 2.07. The molecule has 0 aliphatic carbocycles. The van der Waals surface area contributed by atoms with Gasteiger partial charge >= 0.3 is 6.18 Å². The molecular weight excluding hydrogens is 236 g/mol. The lowest BCUT2D eigenvalue weighted by molar-refractivity contribution is -0.148. The summed E-state index contributed by atoms with van der Waals surface area (Å²) in [5.74, 6) is -7.67. The number of hydrogen-bond donors (Lipinski definition) is 1. The maximum absolute atomic E-state index is 13.1. The molecule has 2 N–H and O–H groups in total. The topological polar surface area (TPSA) is 26.0 Å². The van der Waals surface area contributed by atoms with Crippen LogP contribution in [-0.2, 0) is 0 Å². The summed E-state index contributed by atoms with van der Waals surface area (Å²) in [6, 6.07) is 0.973. The predicted octanol–water partition coefficient (Wildman–Crippen LogP) is 2.71. The van der Waals surface area contributed by atoms with Gasteiger partial charge in [0.15, 0.2) is 17.5 Å². The van der Waals surface area contributed by atoms with E-state index in [-0.39, 0.29) is 0 Å². The van der Waals surface area contributed by atoms with Crippen molar-refractivity contribution >= 4 is 0 Å². The molecule has 1 aromatic rings. The van der Waals surface area contributed by atoms with Crippen LogP contribution in [0.15, 0.2) is 12.1 Å². The van der Waals surface area contributed by atoms with E-state index in [9.17, 15) is 26.3 Å². The number of hydrogen-bond acceptors (Lipinski definition) is 1. The van der Waals surface area contributed by atoms with E-state index in [1.54, 1.807) is 0 Å². The molecule has 0 fully saturated rings. The fourth-order valence-electron chi connectivity index (χ4n) is 1.25. The average Bonchev–Trinajstić information content (AvgIpc) is 2.17. The Morgan fingerprint density at radius 1 is 1.06 bits per heavy atom. The molecule has 0 aromatic heterocycles. The second kappa shape index (κ2) is 4.32. The Morgan fingerprint density at radius 2 is 1.62 bits per heavy atom. The largest absolute Gasteiger partial charge is 0.397 e. The van der Waals surface area contributed by atoms with E-state index in [0.29, 0.717) is 12.1 Å². The number of alkyl halides is 3. The van der Waals surface area contributed by atoms with Gasteiger partial charge in [0.2, 0.25) is 0 Å². The number of nitrogens with two attached hydrogens (primary N) is 1. The van der Waals surface area contributed by atoms with Crippen molar-refractivity contribution in [3.8, 4) is 0 Å². The SMILES string of the molecule is NCC(c1ccc(F)c(F)c1F)C(F)(F)F. The first-order chi connectivity index (χ1) is 7.29. The van der Waals surface area contributed by atoms with Crippen molar-refractivity contribution in [1.82, 2.24) is 0 Å². The molecule has 0 spiro atoms. The molecule has 0 saturated heterocycles. The average molecular weight is 243 g/mol. The lowest BCUT2D eigenvalue weighted by Gasteiger charge is -2.19. The Labute approximate surface area is 86.9 Å². The highest BCUT2D eigenvalue weighted by Gasteiger charge is 2.41. The lowest BCUT2D eigenvalue weighted by Crippen LogP contribution is -2.29. The highest BCUT2D eigenvalue weighted by atomic mass is 19.4. The Bertz CT molecular complexity index is 386. The third-order valence-electron chi connectivity index (χ3n) is 2.07. The molecule has 1 nitrogen and oxygen atoms in total. The van der Waals surface area contributed by atoms with E-state index in [1.165, 1.54) is 0 Å². The van der Waals surface area contributed by atoms with Gasteiger partial charge in [-0.2, -0.15) is 13.2 Å². The van der Waals surface area contributed by atoms with Crippen molar-refractivity contribution in [1.29, 1.82) is 0 Å². The standard InChI is InChI=1S/C9H7F6N/c10-6-2-1-4(7(11)8(6)12)5(3-16)9(13,14)15/h1-2,5H,3,16H2. The van der Waals surface area contributed by atoms with Gasteiger partial charge in [0.05, 0.1) is 5.92 Å². The normalized spacial score (nSPS) is 13.9. The zero-order valence-corrected chi connectivity index (χ0v) is 7.78. The molecule has 0 aliphatic rings. The van der Waals surface area contributed by atoms with Crippen molar-refractivity contribution in [3.05, 3.63) is 35.1 Å². The Balaban J connectivity index is 3.27. The molecule has 0 heterocycles. The van der Waals surface area contributed by atoms with Gasteiger partial charge in [-0.3, -0.25) is 0 Å². The van der Waals surface area contributed by atoms with Crippen LogP contribution < -0.4 is 5.73 Å². The van der Waals surface area contributed by atoms with Crippen molar-refractivity contribution < 1.29 is 26.3 Å². The molecule has 1 rings (SSSR count). The second-order valence-corrected chi connectivity index (χ2v) is 3.09. The molecule has 1 atom stereocenters. The van der Waals surface area contributed by atoms with E-state index >= 15 is 0 Å². The van der Waals surface area contributed by atoms with Crippen molar-refractivity contribution in [2.24, 2.45) is 5.73 Å². The van der Waals surface area contributed by atoms with Crippen molar-refractivity contribution in [2.75, 3.05) is 6.54 Å². The van der Waals surface area contributed by atoms with Crippen LogP contribution in [0.1, 0.15) is 11.5 Å². The summed E-state index contributed by atoms with van der Waals surface area (Å²) in [5, 5.41) is 0. The van der Waals surface area contributed by atoms with Gasteiger partial charge in [0.1, 0.15) is 0 Å². The minimum absolute atomic E-state index is 0.433. The van der Waals surface area contributed by atoms with E-state index in [4.69, 9.17) is 5.73 Å². The van der Waals surface area contributed by atoms with Gasteiger partial charge in [0.25, 0.3) is 0 Å². The van der Waals surface area contributed by atoms with Gasteiger partial charge < -0.3 is 5.73 Å². The highest BCUT2D eigenvalue weighted by molar-refractivity contribution is 5.25. The summed E-state index contributed by atoms with van der Waals surface area (Å²) in [5.41, 5.74) is 3.85. The summed E-state index contributed by atoms with van der Waals surface area (Å²) < 4.78 is 75.3. The third kappa shape index (κ3) is 2.29. The molecular formula is C9H7F6N. The molecule has 90 valence electrons. The van der Waals surface area contributed by atoms with E-state index in [0.717, 1.165) is 0 Å². The second-order valence-electron chi connectivity index (χ2n) is 3.09. The first kappa shape index (κ1) is 12.8. The quantitative estimate of drug-likeness (QED) is 0.627. The fraction of sp³-hybridized carbons (Fsp3) is 0.333.